The van der Waals surface area contributed by atoms with Gasteiger partial charge in [0.25, 0.3) is 0 Å². The standard InChI is InChI=1S/C21H14O2/c1-13-11-15(14-7-3-2-4-8-14)12-18-19(13)21(23)17-10-6-5-9-16(17)20(18)22/h2-12H,1H3. The second kappa shape index (κ2) is 5.03. The van der Waals surface area contributed by atoms with Crippen LogP contribution in [0.15, 0.2) is 66.7 Å². The molecule has 0 saturated heterocycles. The zero-order valence-corrected chi connectivity index (χ0v) is 12.7. The van der Waals surface area contributed by atoms with Crippen LogP contribution < -0.4 is 0 Å². The summed E-state index contributed by atoms with van der Waals surface area (Å²) in [5.41, 5.74) is 4.88. The van der Waals surface area contributed by atoms with Gasteiger partial charge in [-0.15, -0.1) is 0 Å². The minimum Gasteiger partial charge on any atom is -0.289 e. The van der Waals surface area contributed by atoms with Gasteiger partial charge in [0.05, 0.1) is 0 Å². The molecular weight excluding hydrogens is 284 g/mol. The van der Waals surface area contributed by atoms with Gasteiger partial charge >= 0.3 is 0 Å². The number of aryl methyl sites for hydroxylation is 1. The quantitative estimate of drug-likeness (QED) is 0.520. The first kappa shape index (κ1) is 13.6. The van der Waals surface area contributed by atoms with E-state index in [9.17, 15) is 9.59 Å². The number of hydrogen-bond acceptors (Lipinski definition) is 2. The summed E-state index contributed by atoms with van der Waals surface area (Å²) in [6.07, 6.45) is 0. The van der Waals surface area contributed by atoms with Gasteiger partial charge in [-0.2, -0.15) is 0 Å². The molecule has 1 aliphatic carbocycles. The van der Waals surface area contributed by atoms with Crippen molar-refractivity contribution in [2.45, 2.75) is 6.92 Å². The Morgan fingerprint density at radius 1 is 0.609 bits per heavy atom. The summed E-state index contributed by atoms with van der Waals surface area (Å²) >= 11 is 0. The third-order valence-corrected chi connectivity index (χ3v) is 4.33. The second-order valence-electron chi connectivity index (χ2n) is 5.79. The van der Waals surface area contributed by atoms with E-state index in [1.54, 1.807) is 24.3 Å². The van der Waals surface area contributed by atoms with E-state index in [-0.39, 0.29) is 11.6 Å². The van der Waals surface area contributed by atoms with Crippen molar-refractivity contribution in [2.24, 2.45) is 0 Å². The van der Waals surface area contributed by atoms with Crippen LogP contribution in [0.4, 0.5) is 0 Å². The fraction of sp³-hybridized carbons (Fsp3) is 0.0476. The van der Waals surface area contributed by atoms with Gasteiger partial charge in [-0.3, -0.25) is 9.59 Å². The van der Waals surface area contributed by atoms with E-state index in [1.165, 1.54) is 0 Å². The van der Waals surface area contributed by atoms with Crippen molar-refractivity contribution in [3.8, 4) is 11.1 Å². The summed E-state index contributed by atoms with van der Waals surface area (Å²) in [5.74, 6) is -0.136. The molecule has 2 nitrogen and oxygen atoms in total. The van der Waals surface area contributed by atoms with Gasteiger partial charge in [0.2, 0.25) is 0 Å². The lowest BCUT2D eigenvalue weighted by atomic mass is 9.80. The maximum absolute atomic E-state index is 12.8. The first-order valence-corrected chi connectivity index (χ1v) is 7.55. The van der Waals surface area contributed by atoms with Crippen molar-refractivity contribution in [1.82, 2.24) is 0 Å². The highest BCUT2D eigenvalue weighted by Gasteiger charge is 2.30. The topological polar surface area (TPSA) is 34.1 Å². The molecule has 3 aromatic carbocycles. The highest BCUT2D eigenvalue weighted by atomic mass is 16.1. The molecule has 3 aromatic rings. The zero-order chi connectivity index (χ0) is 16.0. The third kappa shape index (κ3) is 2.03. The van der Waals surface area contributed by atoms with Crippen molar-refractivity contribution < 1.29 is 9.59 Å². The predicted octanol–water partition coefficient (Wildman–Crippen LogP) is 4.44. The molecule has 0 atom stereocenters. The van der Waals surface area contributed by atoms with Crippen LogP contribution in [-0.2, 0) is 0 Å². The van der Waals surface area contributed by atoms with Crippen molar-refractivity contribution in [1.29, 1.82) is 0 Å². The van der Waals surface area contributed by atoms with E-state index in [4.69, 9.17) is 0 Å². The van der Waals surface area contributed by atoms with Gasteiger partial charge in [-0.25, -0.2) is 0 Å². The molecule has 0 unspecified atom stereocenters. The van der Waals surface area contributed by atoms with Crippen LogP contribution in [0.2, 0.25) is 0 Å². The Bertz CT molecular complexity index is 953. The van der Waals surface area contributed by atoms with Gasteiger partial charge in [0, 0.05) is 22.3 Å². The molecule has 0 aliphatic heterocycles. The van der Waals surface area contributed by atoms with Gasteiger partial charge in [0.1, 0.15) is 0 Å². The number of rotatable bonds is 1. The van der Waals surface area contributed by atoms with E-state index >= 15 is 0 Å². The van der Waals surface area contributed by atoms with Crippen LogP contribution in [-0.4, -0.2) is 11.6 Å². The van der Waals surface area contributed by atoms with Crippen LogP contribution in [0.3, 0.4) is 0 Å². The van der Waals surface area contributed by atoms with E-state index < -0.39 is 0 Å². The zero-order valence-electron chi connectivity index (χ0n) is 12.7. The molecule has 0 amide bonds. The maximum Gasteiger partial charge on any atom is 0.194 e. The van der Waals surface area contributed by atoms with E-state index in [0.717, 1.165) is 16.7 Å². The lowest BCUT2D eigenvalue weighted by Crippen LogP contribution is -2.22. The summed E-state index contributed by atoms with van der Waals surface area (Å²) in [6.45, 7) is 1.89. The van der Waals surface area contributed by atoms with E-state index in [1.807, 2.05) is 49.4 Å². The Hall–Kier alpha value is -3.00. The van der Waals surface area contributed by atoms with Crippen molar-refractivity contribution in [2.75, 3.05) is 0 Å². The molecule has 110 valence electrons. The van der Waals surface area contributed by atoms with Gasteiger partial charge in [0.15, 0.2) is 11.6 Å². The summed E-state index contributed by atoms with van der Waals surface area (Å²) in [6, 6.07) is 20.8. The van der Waals surface area contributed by atoms with Gasteiger partial charge in [-0.05, 0) is 29.7 Å². The van der Waals surface area contributed by atoms with Crippen molar-refractivity contribution in [3.05, 3.63) is 94.5 Å². The molecular formula is C21H14O2. The van der Waals surface area contributed by atoms with E-state index in [2.05, 4.69) is 0 Å². The minimum atomic E-state index is -0.0731. The number of benzene rings is 3. The van der Waals surface area contributed by atoms with E-state index in [0.29, 0.717) is 22.3 Å². The van der Waals surface area contributed by atoms with Crippen molar-refractivity contribution in [3.63, 3.8) is 0 Å². The molecule has 2 heteroatoms. The monoisotopic (exact) mass is 298 g/mol. The molecule has 0 N–H and O–H groups in total. The number of ketones is 2. The molecule has 0 fully saturated rings. The van der Waals surface area contributed by atoms with Crippen LogP contribution in [0.25, 0.3) is 11.1 Å². The number of carbonyl (C=O) groups is 2. The largest absolute Gasteiger partial charge is 0.289 e. The molecule has 1 aliphatic rings. The van der Waals surface area contributed by atoms with Crippen LogP contribution in [0, 0.1) is 6.92 Å². The molecule has 0 saturated carbocycles. The minimum absolute atomic E-state index is 0.0627. The average molecular weight is 298 g/mol. The van der Waals surface area contributed by atoms with Gasteiger partial charge in [-0.1, -0.05) is 60.7 Å². The second-order valence-corrected chi connectivity index (χ2v) is 5.79. The van der Waals surface area contributed by atoms with Crippen LogP contribution >= 0.6 is 0 Å². The Morgan fingerprint density at radius 3 is 1.91 bits per heavy atom. The fourth-order valence-corrected chi connectivity index (χ4v) is 3.22. The Labute approximate surface area is 134 Å². The smallest absolute Gasteiger partial charge is 0.194 e. The molecule has 0 heterocycles. The Kier molecular flexibility index (Phi) is 2.98. The molecule has 0 spiro atoms. The number of fused-ring (bicyclic) bond motifs is 2. The van der Waals surface area contributed by atoms with Crippen molar-refractivity contribution >= 4 is 11.6 Å². The van der Waals surface area contributed by atoms with Crippen LogP contribution in [0.5, 0.6) is 0 Å². The molecule has 23 heavy (non-hydrogen) atoms. The van der Waals surface area contributed by atoms with Gasteiger partial charge < -0.3 is 0 Å². The first-order valence-electron chi connectivity index (χ1n) is 7.55. The highest BCUT2D eigenvalue weighted by Crippen LogP contribution is 2.33. The third-order valence-electron chi connectivity index (χ3n) is 4.33. The Balaban J connectivity index is 1.97. The normalized spacial score (nSPS) is 12.7. The first-order chi connectivity index (χ1) is 11.2. The predicted molar refractivity (Wildman–Crippen MR) is 89.9 cm³/mol. The summed E-state index contributed by atoms with van der Waals surface area (Å²) in [7, 11) is 0. The summed E-state index contributed by atoms with van der Waals surface area (Å²) in [4.78, 5) is 25.6. The highest BCUT2D eigenvalue weighted by molar-refractivity contribution is 6.29. The SMILES string of the molecule is Cc1cc(-c2ccccc2)cc2c1C(=O)c1ccccc1C2=O. The summed E-state index contributed by atoms with van der Waals surface area (Å²) < 4.78 is 0. The molecule has 4 rings (SSSR count). The average Bonchev–Trinajstić information content (AvgIpc) is 2.60. The number of carbonyl (C=O) groups excluding carboxylic acids is 2. The van der Waals surface area contributed by atoms with Crippen LogP contribution in [0.1, 0.15) is 37.4 Å². The summed E-state index contributed by atoms with van der Waals surface area (Å²) in [5, 5.41) is 0. The number of hydrogen-bond donors (Lipinski definition) is 0. The molecule has 0 radical (unpaired) electrons. The maximum atomic E-state index is 12.8. The fourth-order valence-electron chi connectivity index (χ4n) is 3.22. The molecule has 0 bridgehead atoms. The Morgan fingerprint density at radius 2 is 1.22 bits per heavy atom. The lowest BCUT2D eigenvalue weighted by Gasteiger charge is -2.20. The molecule has 0 aromatic heterocycles. The lowest BCUT2D eigenvalue weighted by molar-refractivity contribution is 0.0978.